The minimum Gasteiger partial charge on any atom is -0.465 e. The van der Waals surface area contributed by atoms with E-state index in [2.05, 4.69) is 4.90 Å². The van der Waals surface area contributed by atoms with Gasteiger partial charge in [0.2, 0.25) is 0 Å². The SMILES string of the molecule is CCN(Cc1c(CN(CC)C(=O)O)c2c3ccccc3c(N3CCOCC3)nn2c1C)C(=O)O. The van der Waals surface area contributed by atoms with Crippen LogP contribution < -0.4 is 4.90 Å². The normalized spacial score (nSPS) is 14.0. The number of aromatic nitrogens is 2. The number of carbonyl (C=O) groups is 2. The van der Waals surface area contributed by atoms with E-state index in [4.69, 9.17) is 9.84 Å². The van der Waals surface area contributed by atoms with Crippen LogP contribution in [-0.2, 0) is 17.8 Å². The van der Waals surface area contributed by atoms with Gasteiger partial charge in [0.05, 0.1) is 31.8 Å². The van der Waals surface area contributed by atoms with E-state index in [-0.39, 0.29) is 13.1 Å². The first kappa shape index (κ1) is 23.6. The van der Waals surface area contributed by atoms with Gasteiger partial charge in [0.25, 0.3) is 0 Å². The number of hydrogen-bond donors (Lipinski definition) is 2. The first-order chi connectivity index (χ1) is 16.4. The topological polar surface area (TPSA) is 111 Å². The maximum atomic E-state index is 11.9. The average Bonchev–Trinajstić information content (AvgIpc) is 3.10. The predicted molar refractivity (Wildman–Crippen MR) is 129 cm³/mol. The minimum absolute atomic E-state index is 0.151. The van der Waals surface area contributed by atoms with Crippen LogP contribution in [0.2, 0.25) is 0 Å². The Morgan fingerprint density at radius 3 is 2.09 bits per heavy atom. The van der Waals surface area contributed by atoms with E-state index in [9.17, 15) is 19.8 Å². The molecule has 1 aromatic carbocycles. The zero-order valence-corrected chi connectivity index (χ0v) is 19.8. The molecule has 3 heterocycles. The number of fused-ring (bicyclic) bond motifs is 3. The first-order valence-electron chi connectivity index (χ1n) is 11.6. The number of amides is 2. The van der Waals surface area contributed by atoms with Crippen LogP contribution in [0.5, 0.6) is 0 Å². The van der Waals surface area contributed by atoms with Crippen molar-refractivity contribution in [2.24, 2.45) is 0 Å². The molecule has 4 rings (SSSR count). The van der Waals surface area contributed by atoms with Crippen molar-refractivity contribution in [2.75, 3.05) is 44.3 Å². The highest BCUT2D eigenvalue weighted by molar-refractivity contribution is 6.03. The zero-order chi connectivity index (χ0) is 24.4. The van der Waals surface area contributed by atoms with Gasteiger partial charge in [-0.3, -0.25) is 0 Å². The Morgan fingerprint density at radius 2 is 1.53 bits per heavy atom. The molecule has 3 aromatic rings. The Kier molecular flexibility index (Phi) is 6.78. The number of anilines is 1. The summed E-state index contributed by atoms with van der Waals surface area (Å²) < 4.78 is 7.39. The summed E-state index contributed by atoms with van der Waals surface area (Å²) in [4.78, 5) is 28.6. The van der Waals surface area contributed by atoms with Crippen molar-refractivity contribution in [3.8, 4) is 0 Å². The maximum absolute atomic E-state index is 11.9. The van der Waals surface area contributed by atoms with E-state index in [1.165, 1.54) is 9.80 Å². The summed E-state index contributed by atoms with van der Waals surface area (Å²) in [6, 6.07) is 7.99. The number of hydrogen-bond acceptors (Lipinski definition) is 5. The summed E-state index contributed by atoms with van der Waals surface area (Å²) in [7, 11) is 0. The molecule has 0 unspecified atom stereocenters. The molecule has 34 heavy (non-hydrogen) atoms. The largest absolute Gasteiger partial charge is 0.465 e. The van der Waals surface area contributed by atoms with E-state index in [1.54, 1.807) is 13.8 Å². The number of morpholine rings is 1. The second kappa shape index (κ2) is 9.76. The van der Waals surface area contributed by atoms with E-state index in [1.807, 2.05) is 35.7 Å². The van der Waals surface area contributed by atoms with Crippen molar-refractivity contribution in [3.63, 3.8) is 0 Å². The molecule has 182 valence electrons. The highest BCUT2D eigenvalue weighted by atomic mass is 16.5. The molecule has 0 radical (unpaired) electrons. The van der Waals surface area contributed by atoms with Crippen molar-refractivity contribution in [1.82, 2.24) is 19.4 Å². The fourth-order valence-electron chi connectivity index (χ4n) is 4.62. The minimum atomic E-state index is -1.02. The van der Waals surface area contributed by atoms with Crippen LogP contribution in [0.3, 0.4) is 0 Å². The van der Waals surface area contributed by atoms with E-state index in [0.29, 0.717) is 26.3 Å². The molecule has 0 spiro atoms. The molecule has 0 aliphatic carbocycles. The van der Waals surface area contributed by atoms with E-state index < -0.39 is 12.2 Å². The first-order valence-corrected chi connectivity index (χ1v) is 11.6. The van der Waals surface area contributed by atoms with Crippen LogP contribution in [0.4, 0.5) is 15.4 Å². The molecule has 1 fully saturated rings. The van der Waals surface area contributed by atoms with Gasteiger partial charge in [-0.1, -0.05) is 24.3 Å². The fraction of sp³-hybridized carbons (Fsp3) is 0.458. The zero-order valence-electron chi connectivity index (χ0n) is 19.8. The van der Waals surface area contributed by atoms with Crippen molar-refractivity contribution < 1.29 is 24.5 Å². The van der Waals surface area contributed by atoms with Crippen molar-refractivity contribution in [1.29, 1.82) is 0 Å². The fourth-order valence-corrected chi connectivity index (χ4v) is 4.62. The van der Waals surface area contributed by atoms with Gasteiger partial charge in [-0.2, -0.15) is 0 Å². The van der Waals surface area contributed by atoms with Crippen LogP contribution in [0.1, 0.15) is 30.7 Å². The lowest BCUT2D eigenvalue weighted by atomic mass is 10.0. The van der Waals surface area contributed by atoms with Crippen LogP contribution in [-0.4, -0.2) is 81.2 Å². The predicted octanol–water partition coefficient (Wildman–Crippen LogP) is 3.63. The number of nitrogens with zero attached hydrogens (tertiary/aromatic N) is 5. The lowest BCUT2D eigenvalue weighted by molar-refractivity contribution is 0.122. The molecule has 2 amide bonds. The van der Waals surface area contributed by atoms with Gasteiger partial charge in [-0.05, 0) is 20.8 Å². The Bertz CT molecular complexity index is 1220. The Morgan fingerprint density at radius 1 is 0.971 bits per heavy atom. The number of ether oxygens (including phenoxy) is 1. The highest BCUT2D eigenvalue weighted by Gasteiger charge is 2.26. The van der Waals surface area contributed by atoms with Crippen LogP contribution in [0.25, 0.3) is 16.3 Å². The molecule has 0 atom stereocenters. The highest BCUT2D eigenvalue weighted by Crippen LogP contribution is 2.35. The molecule has 1 saturated heterocycles. The van der Waals surface area contributed by atoms with Gasteiger partial charge in [0.15, 0.2) is 5.82 Å². The number of carboxylic acid groups (broad SMARTS) is 2. The quantitative estimate of drug-likeness (QED) is 0.544. The molecule has 1 aliphatic heterocycles. The van der Waals surface area contributed by atoms with Gasteiger partial charge < -0.3 is 29.6 Å². The average molecular weight is 470 g/mol. The van der Waals surface area contributed by atoms with E-state index >= 15 is 0 Å². The third-order valence-corrected chi connectivity index (χ3v) is 6.55. The Hall–Kier alpha value is -3.53. The Balaban J connectivity index is 2.00. The second-order valence-corrected chi connectivity index (χ2v) is 8.37. The van der Waals surface area contributed by atoms with Crippen molar-refractivity contribution in [2.45, 2.75) is 33.9 Å². The molecule has 2 N–H and O–H groups in total. The number of benzene rings is 1. The third kappa shape index (κ3) is 4.21. The van der Waals surface area contributed by atoms with Gasteiger partial charge in [0, 0.05) is 53.8 Å². The maximum Gasteiger partial charge on any atom is 0.407 e. The summed E-state index contributed by atoms with van der Waals surface area (Å²) in [6.45, 7) is 9.17. The van der Waals surface area contributed by atoms with Gasteiger partial charge >= 0.3 is 12.2 Å². The van der Waals surface area contributed by atoms with Gasteiger partial charge in [0.1, 0.15) is 0 Å². The molecular weight excluding hydrogens is 438 g/mol. The van der Waals surface area contributed by atoms with Crippen LogP contribution >= 0.6 is 0 Å². The summed E-state index contributed by atoms with van der Waals surface area (Å²) in [5, 5.41) is 26.4. The summed E-state index contributed by atoms with van der Waals surface area (Å²) >= 11 is 0. The molecule has 10 heteroatoms. The summed E-state index contributed by atoms with van der Waals surface area (Å²) in [5.74, 6) is 0.846. The molecule has 0 bridgehead atoms. The van der Waals surface area contributed by atoms with E-state index in [0.717, 1.165) is 52.0 Å². The lowest BCUT2D eigenvalue weighted by Gasteiger charge is -2.29. The molecule has 0 saturated carbocycles. The van der Waals surface area contributed by atoms with Gasteiger partial charge in [-0.15, -0.1) is 5.10 Å². The van der Waals surface area contributed by atoms with Crippen molar-refractivity contribution >= 4 is 34.3 Å². The van der Waals surface area contributed by atoms with Gasteiger partial charge in [-0.25, -0.2) is 14.1 Å². The third-order valence-electron chi connectivity index (χ3n) is 6.55. The molecule has 1 aliphatic rings. The standard InChI is InChI=1S/C24H31N5O5/c1-4-26(23(30)31)14-19-16(3)29-21(20(19)15-27(5-2)24(32)33)17-8-6-7-9-18(17)22(25-29)28-10-12-34-13-11-28/h6-9H,4-5,10-15H2,1-3H3,(H,30,31)(H,32,33). The number of aryl methyl sites for hydroxylation is 1. The summed E-state index contributed by atoms with van der Waals surface area (Å²) in [6.07, 6.45) is -2.03. The van der Waals surface area contributed by atoms with Crippen LogP contribution in [0, 0.1) is 6.92 Å². The molecular formula is C24H31N5O5. The monoisotopic (exact) mass is 469 g/mol. The smallest absolute Gasteiger partial charge is 0.407 e. The second-order valence-electron chi connectivity index (χ2n) is 8.37. The Labute approximate surface area is 197 Å². The molecule has 2 aromatic heterocycles. The van der Waals surface area contributed by atoms with Crippen molar-refractivity contribution in [3.05, 3.63) is 41.1 Å². The summed E-state index contributed by atoms with van der Waals surface area (Å²) in [5.41, 5.74) is 3.21. The van der Waals surface area contributed by atoms with Crippen LogP contribution in [0.15, 0.2) is 24.3 Å². The lowest BCUT2D eigenvalue weighted by Crippen LogP contribution is -2.37. The molecule has 10 nitrogen and oxygen atoms in total. The number of rotatable bonds is 7.